The Bertz CT molecular complexity index is 931. The number of nitrogens with zero attached hydrogens (tertiary/aromatic N) is 3. The van der Waals surface area contributed by atoms with Crippen molar-refractivity contribution >= 4 is 44.4 Å². The normalized spacial score (nSPS) is 11.3. The highest BCUT2D eigenvalue weighted by molar-refractivity contribution is 8.00. The summed E-state index contributed by atoms with van der Waals surface area (Å²) in [5.41, 5.74) is 0.0924. The molecular weight excluding hydrogens is 388 g/mol. The van der Waals surface area contributed by atoms with Gasteiger partial charge in [0.05, 0.1) is 10.5 Å². The summed E-state index contributed by atoms with van der Waals surface area (Å²) in [5, 5.41) is 0.384. The Labute approximate surface area is 164 Å². The van der Waals surface area contributed by atoms with Crippen molar-refractivity contribution in [3.8, 4) is 0 Å². The molecule has 0 radical (unpaired) electrons. The van der Waals surface area contributed by atoms with Crippen LogP contribution in [0.4, 0.5) is 13.9 Å². The van der Waals surface area contributed by atoms with E-state index >= 15 is 0 Å². The van der Waals surface area contributed by atoms with E-state index in [0.29, 0.717) is 22.9 Å². The number of rotatable bonds is 7. The predicted octanol–water partition coefficient (Wildman–Crippen LogP) is 4.26. The molecule has 0 saturated heterocycles. The van der Waals surface area contributed by atoms with Gasteiger partial charge in [-0.15, -0.1) is 11.8 Å². The zero-order valence-corrected chi connectivity index (χ0v) is 16.6. The topological polar surface area (TPSA) is 36.4 Å². The minimum absolute atomic E-state index is 0.0924. The molecule has 1 heterocycles. The zero-order valence-electron chi connectivity index (χ0n) is 15.0. The molecular formula is C19H19F2N3OS2. The lowest BCUT2D eigenvalue weighted by atomic mass is 10.3. The van der Waals surface area contributed by atoms with Gasteiger partial charge in [0.1, 0.15) is 11.3 Å². The first-order valence-corrected chi connectivity index (χ1v) is 10.1. The number of amides is 1. The molecule has 27 heavy (non-hydrogen) atoms. The van der Waals surface area contributed by atoms with E-state index in [2.05, 4.69) is 4.98 Å². The number of thiazole rings is 1. The van der Waals surface area contributed by atoms with Crippen molar-refractivity contribution in [1.82, 2.24) is 9.88 Å². The highest BCUT2D eigenvalue weighted by Gasteiger charge is 2.21. The largest absolute Gasteiger partial charge is 0.308 e. The molecule has 0 saturated carbocycles. The fraction of sp³-hybridized carbons (Fsp3) is 0.263. The quantitative estimate of drug-likeness (QED) is 0.549. The molecule has 0 bridgehead atoms. The van der Waals surface area contributed by atoms with Crippen LogP contribution in [0.5, 0.6) is 0 Å². The van der Waals surface area contributed by atoms with Gasteiger partial charge >= 0.3 is 0 Å². The maximum atomic E-state index is 14.0. The average Bonchev–Trinajstić information content (AvgIpc) is 3.04. The Hall–Kier alpha value is -2.03. The number of benzene rings is 2. The first-order valence-electron chi connectivity index (χ1n) is 8.32. The lowest BCUT2D eigenvalue weighted by Gasteiger charge is -2.21. The second kappa shape index (κ2) is 8.77. The van der Waals surface area contributed by atoms with Crippen molar-refractivity contribution in [3.05, 3.63) is 54.1 Å². The molecule has 0 fully saturated rings. The molecule has 3 aromatic rings. The van der Waals surface area contributed by atoms with Crippen molar-refractivity contribution in [2.75, 3.05) is 37.8 Å². The molecule has 0 aliphatic heterocycles. The van der Waals surface area contributed by atoms with Crippen molar-refractivity contribution in [1.29, 1.82) is 0 Å². The van der Waals surface area contributed by atoms with Gasteiger partial charge in [0, 0.05) is 24.1 Å². The number of hydrogen-bond donors (Lipinski definition) is 0. The molecule has 4 nitrogen and oxygen atoms in total. The first-order chi connectivity index (χ1) is 12.9. The number of carbonyl (C=O) groups excluding carboxylic acids is 1. The Kier molecular flexibility index (Phi) is 6.41. The van der Waals surface area contributed by atoms with Crippen molar-refractivity contribution in [2.24, 2.45) is 0 Å². The average molecular weight is 408 g/mol. The molecule has 8 heteroatoms. The first kappa shape index (κ1) is 19.7. The van der Waals surface area contributed by atoms with Gasteiger partial charge in [-0.25, -0.2) is 13.8 Å². The minimum Gasteiger partial charge on any atom is -0.308 e. The number of fused-ring (bicyclic) bond motifs is 1. The van der Waals surface area contributed by atoms with Crippen molar-refractivity contribution in [2.45, 2.75) is 4.90 Å². The molecule has 1 amide bonds. The Morgan fingerprint density at radius 3 is 2.59 bits per heavy atom. The van der Waals surface area contributed by atoms with Gasteiger partial charge in [-0.05, 0) is 32.3 Å². The molecule has 0 unspecified atom stereocenters. The third-order valence-corrected chi connectivity index (χ3v) is 5.83. The molecule has 0 N–H and O–H groups in total. The molecule has 2 aromatic carbocycles. The van der Waals surface area contributed by atoms with Gasteiger partial charge < -0.3 is 4.90 Å². The second-order valence-corrected chi connectivity index (χ2v) is 8.24. The van der Waals surface area contributed by atoms with E-state index in [1.807, 2.05) is 49.3 Å². The maximum absolute atomic E-state index is 14.0. The van der Waals surface area contributed by atoms with E-state index in [9.17, 15) is 13.6 Å². The number of carbonyl (C=O) groups is 1. The van der Waals surface area contributed by atoms with Gasteiger partial charge in [-0.2, -0.15) is 0 Å². The standard InChI is InChI=1S/C19H19F2N3OS2/c1-23(2)8-9-24(17(25)12-26-14-6-4-3-5-7-14)19-22-18-15(21)10-13(20)11-16(18)27-19/h3-7,10-11H,8-9,12H2,1-2H3. The molecule has 142 valence electrons. The van der Waals surface area contributed by atoms with Crippen LogP contribution in [0.3, 0.4) is 0 Å². The molecule has 0 spiro atoms. The van der Waals surface area contributed by atoms with Crippen LogP contribution in [0.1, 0.15) is 0 Å². The van der Waals surface area contributed by atoms with E-state index in [4.69, 9.17) is 0 Å². The molecule has 0 aliphatic carbocycles. The molecule has 1 aromatic heterocycles. The van der Waals surface area contributed by atoms with Crippen LogP contribution in [-0.2, 0) is 4.79 Å². The number of halogens is 2. The smallest absolute Gasteiger partial charge is 0.239 e. The van der Waals surface area contributed by atoms with Crippen LogP contribution in [0, 0.1) is 11.6 Å². The summed E-state index contributed by atoms with van der Waals surface area (Å²) >= 11 is 2.56. The summed E-state index contributed by atoms with van der Waals surface area (Å²) in [5.74, 6) is -1.25. The number of anilines is 1. The van der Waals surface area contributed by atoms with E-state index in [0.717, 1.165) is 22.3 Å². The Balaban J connectivity index is 1.84. The second-order valence-electron chi connectivity index (χ2n) is 6.18. The highest BCUT2D eigenvalue weighted by Crippen LogP contribution is 2.31. The van der Waals surface area contributed by atoms with E-state index < -0.39 is 11.6 Å². The monoisotopic (exact) mass is 407 g/mol. The van der Waals surface area contributed by atoms with Crippen LogP contribution >= 0.6 is 23.1 Å². The maximum Gasteiger partial charge on any atom is 0.239 e. The highest BCUT2D eigenvalue weighted by atomic mass is 32.2. The lowest BCUT2D eigenvalue weighted by molar-refractivity contribution is -0.116. The number of thioether (sulfide) groups is 1. The van der Waals surface area contributed by atoms with Gasteiger partial charge in [0.25, 0.3) is 0 Å². The van der Waals surface area contributed by atoms with E-state index in [1.165, 1.54) is 17.8 Å². The summed E-state index contributed by atoms with van der Waals surface area (Å²) in [6.45, 7) is 1.06. The number of likely N-dealkylation sites (N-methyl/N-ethyl adjacent to an activating group) is 1. The van der Waals surface area contributed by atoms with Crippen LogP contribution < -0.4 is 4.90 Å². The predicted molar refractivity (Wildman–Crippen MR) is 108 cm³/mol. The van der Waals surface area contributed by atoms with Crippen molar-refractivity contribution < 1.29 is 13.6 Å². The summed E-state index contributed by atoms with van der Waals surface area (Å²) in [6.07, 6.45) is 0. The van der Waals surface area contributed by atoms with Crippen LogP contribution in [0.2, 0.25) is 0 Å². The zero-order chi connectivity index (χ0) is 19.4. The van der Waals surface area contributed by atoms with E-state index in [-0.39, 0.29) is 17.2 Å². The van der Waals surface area contributed by atoms with Gasteiger partial charge in [-0.3, -0.25) is 9.69 Å². The van der Waals surface area contributed by atoms with E-state index in [1.54, 1.807) is 4.90 Å². The molecule has 3 rings (SSSR count). The SMILES string of the molecule is CN(C)CCN(C(=O)CSc1ccccc1)c1nc2c(F)cc(F)cc2s1. The van der Waals surface area contributed by atoms with Gasteiger partial charge in [0.2, 0.25) is 5.91 Å². The summed E-state index contributed by atoms with van der Waals surface area (Å²) in [4.78, 5) is 21.6. The van der Waals surface area contributed by atoms with Gasteiger partial charge in [-0.1, -0.05) is 29.5 Å². The number of hydrogen-bond acceptors (Lipinski definition) is 5. The van der Waals surface area contributed by atoms with Crippen molar-refractivity contribution in [3.63, 3.8) is 0 Å². The van der Waals surface area contributed by atoms with Crippen LogP contribution in [-0.4, -0.2) is 48.7 Å². The van der Waals surface area contributed by atoms with Crippen LogP contribution in [0.15, 0.2) is 47.4 Å². The summed E-state index contributed by atoms with van der Waals surface area (Å²) < 4.78 is 27.9. The van der Waals surface area contributed by atoms with Crippen LogP contribution in [0.25, 0.3) is 10.2 Å². The minimum atomic E-state index is -0.717. The lowest BCUT2D eigenvalue weighted by Crippen LogP contribution is -2.37. The molecule has 0 atom stereocenters. The third-order valence-electron chi connectivity index (χ3n) is 3.81. The Morgan fingerprint density at radius 2 is 1.89 bits per heavy atom. The third kappa shape index (κ3) is 5.03. The Morgan fingerprint density at radius 1 is 1.15 bits per heavy atom. The molecule has 0 aliphatic rings. The fourth-order valence-electron chi connectivity index (χ4n) is 2.43. The van der Waals surface area contributed by atoms with Gasteiger partial charge in [0.15, 0.2) is 10.9 Å². The fourth-order valence-corrected chi connectivity index (χ4v) is 4.27. The number of aromatic nitrogens is 1. The summed E-state index contributed by atoms with van der Waals surface area (Å²) in [7, 11) is 3.82. The summed E-state index contributed by atoms with van der Waals surface area (Å²) in [6, 6.07) is 11.7.